The van der Waals surface area contributed by atoms with Gasteiger partial charge in [-0.15, -0.1) is 0 Å². The van der Waals surface area contributed by atoms with Crippen LogP contribution in [0.5, 0.6) is 0 Å². The van der Waals surface area contributed by atoms with Crippen molar-refractivity contribution in [3.8, 4) is 0 Å². The van der Waals surface area contributed by atoms with Crippen molar-refractivity contribution in [3.05, 3.63) is 0 Å². The van der Waals surface area contributed by atoms with E-state index >= 15 is 0 Å². The van der Waals surface area contributed by atoms with Gasteiger partial charge in [-0.1, -0.05) is 34.1 Å². The summed E-state index contributed by atoms with van der Waals surface area (Å²) in [6, 6.07) is 0.664. The van der Waals surface area contributed by atoms with Crippen molar-refractivity contribution < 1.29 is 0 Å². The average molecular weight is 226 g/mol. The van der Waals surface area contributed by atoms with Crippen molar-refractivity contribution >= 4 is 0 Å². The summed E-state index contributed by atoms with van der Waals surface area (Å²) in [5.41, 5.74) is 0.314. The Labute approximate surface area is 102 Å². The molecule has 0 bridgehead atoms. The highest BCUT2D eigenvalue weighted by molar-refractivity contribution is 4.94. The molecular weight excluding hydrogens is 196 g/mol. The molecule has 2 nitrogen and oxygen atoms in total. The van der Waals surface area contributed by atoms with E-state index in [9.17, 15) is 0 Å². The minimum Gasteiger partial charge on any atom is -0.311 e. The molecule has 1 fully saturated rings. The molecule has 1 aliphatic heterocycles. The number of rotatable bonds is 4. The van der Waals surface area contributed by atoms with E-state index < -0.39 is 0 Å². The molecule has 0 aromatic heterocycles. The molecule has 16 heavy (non-hydrogen) atoms. The van der Waals surface area contributed by atoms with Gasteiger partial charge in [0.05, 0.1) is 0 Å². The first kappa shape index (κ1) is 14.0. The molecule has 1 heterocycles. The predicted octanol–water partition coefficient (Wildman–Crippen LogP) is 2.74. The minimum absolute atomic E-state index is 0.314. The van der Waals surface area contributed by atoms with E-state index in [0.717, 1.165) is 18.4 Å². The highest BCUT2D eigenvalue weighted by Gasteiger charge is 2.34. The van der Waals surface area contributed by atoms with Gasteiger partial charge in [0.2, 0.25) is 0 Å². The second kappa shape index (κ2) is 5.50. The third-order valence-corrected chi connectivity index (χ3v) is 4.10. The second-order valence-electron chi connectivity index (χ2n) is 6.46. The summed E-state index contributed by atoms with van der Waals surface area (Å²) in [6.45, 7) is 17.6. The molecule has 1 aliphatic rings. The second-order valence-corrected chi connectivity index (χ2v) is 6.46. The molecule has 0 spiro atoms. The maximum Gasteiger partial charge on any atom is 0.0278 e. The highest BCUT2D eigenvalue weighted by Crippen LogP contribution is 2.23. The van der Waals surface area contributed by atoms with E-state index in [2.05, 4.69) is 51.8 Å². The Bertz CT molecular complexity index is 211. The first-order valence-electron chi connectivity index (χ1n) is 6.85. The van der Waals surface area contributed by atoms with Crippen molar-refractivity contribution in [1.82, 2.24) is 10.2 Å². The fourth-order valence-corrected chi connectivity index (χ4v) is 2.32. The quantitative estimate of drug-likeness (QED) is 0.793. The molecule has 0 aliphatic carbocycles. The molecule has 96 valence electrons. The van der Waals surface area contributed by atoms with E-state index in [1.54, 1.807) is 0 Å². The number of hydrogen-bond acceptors (Lipinski definition) is 2. The highest BCUT2D eigenvalue weighted by atomic mass is 15.3. The summed E-state index contributed by atoms with van der Waals surface area (Å²) in [6.07, 6.45) is 1.28. The summed E-state index contributed by atoms with van der Waals surface area (Å²) in [4.78, 5) is 2.68. The zero-order valence-corrected chi connectivity index (χ0v) is 12.0. The van der Waals surface area contributed by atoms with Gasteiger partial charge < -0.3 is 5.32 Å². The Morgan fingerprint density at radius 2 is 1.94 bits per heavy atom. The lowest BCUT2D eigenvalue weighted by molar-refractivity contribution is 0.0420. The summed E-state index contributed by atoms with van der Waals surface area (Å²) >= 11 is 0. The van der Waals surface area contributed by atoms with Crippen LogP contribution >= 0.6 is 0 Å². The third kappa shape index (κ3) is 3.46. The number of piperazine rings is 1. The SMILES string of the molecule is CCC(C)CN1CC(C(C)C)NCC1(C)C. The van der Waals surface area contributed by atoms with Crippen molar-refractivity contribution in [3.63, 3.8) is 0 Å². The van der Waals surface area contributed by atoms with Crippen LogP contribution in [0.2, 0.25) is 0 Å². The molecule has 2 heteroatoms. The molecule has 0 radical (unpaired) electrons. The van der Waals surface area contributed by atoms with Gasteiger partial charge in [-0.25, -0.2) is 0 Å². The largest absolute Gasteiger partial charge is 0.311 e. The van der Waals surface area contributed by atoms with Gasteiger partial charge in [0.1, 0.15) is 0 Å². The van der Waals surface area contributed by atoms with Crippen molar-refractivity contribution in [2.75, 3.05) is 19.6 Å². The van der Waals surface area contributed by atoms with Crippen molar-refractivity contribution in [1.29, 1.82) is 0 Å². The van der Waals surface area contributed by atoms with E-state index in [4.69, 9.17) is 0 Å². The predicted molar refractivity (Wildman–Crippen MR) is 71.7 cm³/mol. The summed E-state index contributed by atoms with van der Waals surface area (Å²) in [7, 11) is 0. The van der Waals surface area contributed by atoms with E-state index in [-0.39, 0.29) is 0 Å². The monoisotopic (exact) mass is 226 g/mol. The van der Waals surface area contributed by atoms with Crippen LogP contribution in [0.15, 0.2) is 0 Å². The van der Waals surface area contributed by atoms with Gasteiger partial charge >= 0.3 is 0 Å². The Hall–Kier alpha value is -0.0800. The smallest absolute Gasteiger partial charge is 0.0278 e. The molecule has 1 rings (SSSR count). The molecule has 0 aromatic carbocycles. The lowest BCUT2D eigenvalue weighted by Gasteiger charge is -2.48. The zero-order chi connectivity index (χ0) is 12.3. The third-order valence-electron chi connectivity index (χ3n) is 4.10. The zero-order valence-electron chi connectivity index (χ0n) is 12.0. The van der Waals surface area contributed by atoms with E-state index in [0.29, 0.717) is 11.6 Å². The van der Waals surface area contributed by atoms with Crippen LogP contribution in [0.3, 0.4) is 0 Å². The fourth-order valence-electron chi connectivity index (χ4n) is 2.32. The normalized spacial score (nSPS) is 28.3. The first-order valence-corrected chi connectivity index (χ1v) is 6.85. The molecular formula is C14H30N2. The van der Waals surface area contributed by atoms with Crippen molar-refractivity contribution in [2.24, 2.45) is 11.8 Å². The van der Waals surface area contributed by atoms with Crippen molar-refractivity contribution in [2.45, 2.75) is 59.5 Å². The molecule has 0 saturated carbocycles. The Morgan fingerprint density at radius 3 is 2.44 bits per heavy atom. The maximum absolute atomic E-state index is 3.69. The van der Waals surface area contributed by atoms with Gasteiger partial charge in [0.25, 0.3) is 0 Å². The molecule has 0 amide bonds. The molecule has 1 N–H and O–H groups in total. The van der Waals surface area contributed by atoms with Crippen LogP contribution in [0.25, 0.3) is 0 Å². The summed E-state index contributed by atoms with van der Waals surface area (Å²) < 4.78 is 0. The topological polar surface area (TPSA) is 15.3 Å². The lowest BCUT2D eigenvalue weighted by atomic mass is 9.91. The number of hydrogen-bond donors (Lipinski definition) is 1. The Kier molecular flexibility index (Phi) is 4.81. The van der Waals surface area contributed by atoms with Crippen LogP contribution in [0.1, 0.15) is 48.0 Å². The van der Waals surface area contributed by atoms with Gasteiger partial charge in [0, 0.05) is 31.2 Å². The number of nitrogens with one attached hydrogen (secondary N) is 1. The van der Waals surface area contributed by atoms with Crippen LogP contribution in [0, 0.1) is 11.8 Å². The Morgan fingerprint density at radius 1 is 1.31 bits per heavy atom. The van der Waals surface area contributed by atoms with E-state index in [1.165, 1.54) is 19.5 Å². The standard InChI is InChI=1S/C14H30N2/c1-7-12(4)8-16-9-13(11(2)3)15-10-14(16,5)6/h11-13,15H,7-10H2,1-6H3. The van der Waals surface area contributed by atoms with Crippen LogP contribution in [-0.2, 0) is 0 Å². The molecule has 1 saturated heterocycles. The average Bonchev–Trinajstić information content (AvgIpc) is 2.20. The van der Waals surface area contributed by atoms with Gasteiger partial charge in [-0.05, 0) is 25.7 Å². The summed E-state index contributed by atoms with van der Waals surface area (Å²) in [5.74, 6) is 1.54. The van der Waals surface area contributed by atoms with Crippen LogP contribution in [-0.4, -0.2) is 36.1 Å². The first-order chi connectivity index (χ1) is 7.36. The molecule has 2 unspecified atom stereocenters. The summed E-state index contributed by atoms with van der Waals surface area (Å²) in [5, 5.41) is 3.69. The van der Waals surface area contributed by atoms with Gasteiger partial charge in [0.15, 0.2) is 0 Å². The number of nitrogens with zero attached hydrogens (tertiary/aromatic N) is 1. The maximum atomic E-state index is 3.69. The lowest BCUT2D eigenvalue weighted by Crippen LogP contribution is -2.63. The molecule has 2 atom stereocenters. The fraction of sp³-hybridized carbons (Fsp3) is 1.00. The van der Waals surface area contributed by atoms with Gasteiger partial charge in [-0.2, -0.15) is 0 Å². The Balaban J connectivity index is 2.61. The van der Waals surface area contributed by atoms with Crippen LogP contribution in [0.4, 0.5) is 0 Å². The van der Waals surface area contributed by atoms with Crippen LogP contribution < -0.4 is 5.32 Å². The van der Waals surface area contributed by atoms with E-state index in [1.807, 2.05) is 0 Å². The minimum atomic E-state index is 0.314. The van der Waals surface area contributed by atoms with Gasteiger partial charge in [-0.3, -0.25) is 4.90 Å². The molecule has 0 aromatic rings.